The minimum atomic E-state index is 0.0169. The van der Waals surface area contributed by atoms with E-state index in [2.05, 4.69) is 29.6 Å². The maximum Gasteiger partial charge on any atom is 0.199 e. The highest BCUT2D eigenvalue weighted by molar-refractivity contribution is 5.93. The summed E-state index contributed by atoms with van der Waals surface area (Å²) in [6.07, 6.45) is 1.93. The lowest BCUT2D eigenvalue weighted by atomic mass is 10.1. The van der Waals surface area contributed by atoms with E-state index >= 15 is 0 Å². The standard InChI is InChI=1S/C17H15NO2/c19-16(17-6-3-11-20-17)9-10-18-15-8-7-13-4-1-2-5-14(13)12-15/h1-8,11-12,18H,9-10H2. The summed E-state index contributed by atoms with van der Waals surface area (Å²) in [4.78, 5) is 11.8. The van der Waals surface area contributed by atoms with E-state index in [9.17, 15) is 4.79 Å². The number of anilines is 1. The van der Waals surface area contributed by atoms with Crippen LogP contribution in [0.5, 0.6) is 0 Å². The van der Waals surface area contributed by atoms with Crippen molar-refractivity contribution in [1.29, 1.82) is 0 Å². The molecule has 0 atom stereocenters. The topological polar surface area (TPSA) is 42.2 Å². The van der Waals surface area contributed by atoms with Crippen LogP contribution in [0.1, 0.15) is 17.0 Å². The van der Waals surface area contributed by atoms with Gasteiger partial charge in [0.2, 0.25) is 0 Å². The number of carbonyl (C=O) groups excluding carboxylic acids is 1. The number of carbonyl (C=O) groups is 1. The third-order valence-corrected chi connectivity index (χ3v) is 3.23. The molecule has 0 unspecified atom stereocenters. The molecule has 0 spiro atoms. The highest BCUT2D eigenvalue weighted by Crippen LogP contribution is 2.18. The number of hydrogen-bond acceptors (Lipinski definition) is 3. The normalized spacial score (nSPS) is 10.6. The van der Waals surface area contributed by atoms with Crippen molar-refractivity contribution < 1.29 is 9.21 Å². The lowest BCUT2D eigenvalue weighted by Gasteiger charge is -2.06. The van der Waals surface area contributed by atoms with Crippen molar-refractivity contribution in [3.05, 3.63) is 66.6 Å². The molecular formula is C17H15NO2. The van der Waals surface area contributed by atoms with Crippen molar-refractivity contribution in [2.45, 2.75) is 6.42 Å². The summed E-state index contributed by atoms with van der Waals surface area (Å²) in [7, 11) is 0. The van der Waals surface area contributed by atoms with Crippen LogP contribution in [0.25, 0.3) is 10.8 Å². The molecule has 1 N–H and O–H groups in total. The van der Waals surface area contributed by atoms with Gasteiger partial charge in [-0.05, 0) is 35.0 Å². The first-order valence-corrected chi connectivity index (χ1v) is 6.62. The Balaban J connectivity index is 1.61. The molecule has 3 aromatic rings. The molecule has 100 valence electrons. The molecule has 0 saturated carbocycles. The van der Waals surface area contributed by atoms with Crippen LogP contribution in [0.2, 0.25) is 0 Å². The van der Waals surface area contributed by atoms with Crippen LogP contribution < -0.4 is 5.32 Å². The Morgan fingerprint density at radius 3 is 2.65 bits per heavy atom. The summed E-state index contributed by atoms with van der Waals surface area (Å²) in [6, 6.07) is 17.8. The number of benzene rings is 2. The van der Waals surface area contributed by atoms with E-state index in [4.69, 9.17) is 4.42 Å². The zero-order chi connectivity index (χ0) is 13.8. The van der Waals surface area contributed by atoms with Crippen LogP contribution in [0.15, 0.2) is 65.3 Å². The molecule has 3 nitrogen and oxygen atoms in total. The lowest BCUT2D eigenvalue weighted by molar-refractivity contribution is 0.0960. The van der Waals surface area contributed by atoms with Gasteiger partial charge in [-0.1, -0.05) is 30.3 Å². The highest BCUT2D eigenvalue weighted by Gasteiger charge is 2.07. The van der Waals surface area contributed by atoms with Gasteiger partial charge >= 0.3 is 0 Å². The van der Waals surface area contributed by atoms with Crippen molar-refractivity contribution in [2.24, 2.45) is 0 Å². The Bertz CT molecular complexity index is 717. The van der Waals surface area contributed by atoms with Crippen molar-refractivity contribution in [3.8, 4) is 0 Å². The Kier molecular flexibility index (Phi) is 3.50. The molecule has 0 fully saturated rings. The van der Waals surface area contributed by atoms with Gasteiger partial charge in [-0.3, -0.25) is 4.79 Å². The predicted octanol–water partition coefficient (Wildman–Crippen LogP) is 4.12. The SMILES string of the molecule is O=C(CCNc1ccc2ccccc2c1)c1ccco1. The van der Waals surface area contributed by atoms with Gasteiger partial charge in [0.15, 0.2) is 11.5 Å². The van der Waals surface area contributed by atoms with E-state index in [1.54, 1.807) is 12.1 Å². The number of furan rings is 1. The Morgan fingerprint density at radius 2 is 1.85 bits per heavy atom. The molecule has 20 heavy (non-hydrogen) atoms. The maximum atomic E-state index is 11.8. The van der Waals surface area contributed by atoms with Crippen molar-refractivity contribution in [3.63, 3.8) is 0 Å². The van der Waals surface area contributed by atoms with E-state index in [0.29, 0.717) is 18.7 Å². The molecule has 0 amide bonds. The van der Waals surface area contributed by atoms with E-state index in [0.717, 1.165) is 5.69 Å². The van der Waals surface area contributed by atoms with Gasteiger partial charge in [-0.25, -0.2) is 0 Å². The van der Waals surface area contributed by atoms with Crippen molar-refractivity contribution in [2.75, 3.05) is 11.9 Å². The van der Waals surface area contributed by atoms with Gasteiger partial charge in [0.05, 0.1) is 6.26 Å². The highest BCUT2D eigenvalue weighted by atomic mass is 16.3. The molecule has 0 aliphatic heterocycles. The number of ketones is 1. The van der Waals surface area contributed by atoms with Crippen LogP contribution in [-0.2, 0) is 0 Å². The number of nitrogens with one attached hydrogen (secondary N) is 1. The number of Topliss-reactive ketones (excluding diaryl/α,β-unsaturated/α-hetero) is 1. The minimum absolute atomic E-state index is 0.0169. The molecule has 0 aliphatic carbocycles. The quantitative estimate of drug-likeness (QED) is 0.706. The summed E-state index contributed by atoms with van der Waals surface area (Å²) < 4.78 is 5.08. The smallest absolute Gasteiger partial charge is 0.199 e. The molecule has 0 bridgehead atoms. The molecular weight excluding hydrogens is 250 g/mol. The number of rotatable bonds is 5. The van der Waals surface area contributed by atoms with Crippen LogP contribution in [0.3, 0.4) is 0 Å². The molecule has 1 aromatic heterocycles. The van der Waals surface area contributed by atoms with Gasteiger partial charge in [0.25, 0.3) is 0 Å². The van der Waals surface area contributed by atoms with Crippen LogP contribution in [0, 0.1) is 0 Å². The fourth-order valence-corrected chi connectivity index (χ4v) is 2.18. The average Bonchev–Trinajstić information content (AvgIpc) is 3.01. The molecule has 3 heteroatoms. The third-order valence-electron chi connectivity index (χ3n) is 3.23. The molecule has 0 radical (unpaired) electrons. The summed E-state index contributed by atoms with van der Waals surface area (Å²) in [6.45, 7) is 0.595. The molecule has 3 rings (SSSR count). The maximum absolute atomic E-state index is 11.8. The molecule has 2 aromatic carbocycles. The second-order valence-electron chi connectivity index (χ2n) is 4.64. The van der Waals surface area contributed by atoms with E-state index < -0.39 is 0 Å². The Labute approximate surface area is 117 Å². The molecule has 1 heterocycles. The van der Waals surface area contributed by atoms with Gasteiger partial charge in [0, 0.05) is 18.7 Å². The van der Waals surface area contributed by atoms with E-state index in [-0.39, 0.29) is 5.78 Å². The van der Waals surface area contributed by atoms with Gasteiger partial charge < -0.3 is 9.73 Å². The van der Waals surface area contributed by atoms with Crippen LogP contribution >= 0.6 is 0 Å². The zero-order valence-corrected chi connectivity index (χ0v) is 11.0. The molecule has 0 aliphatic rings. The number of fused-ring (bicyclic) bond motifs is 1. The predicted molar refractivity (Wildman–Crippen MR) is 80.1 cm³/mol. The summed E-state index contributed by atoms with van der Waals surface area (Å²) in [5, 5.41) is 5.67. The Hall–Kier alpha value is -2.55. The minimum Gasteiger partial charge on any atom is -0.461 e. The summed E-state index contributed by atoms with van der Waals surface area (Å²) in [5.41, 5.74) is 1.02. The van der Waals surface area contributed by atoms with Crippen LogP contribution in [0.4, 0.5) is 5.69 Å². The zero-order valence-electron chi connectivity index (χ0n) is 11.0. The summed E-state index contributed by atoms with van der Waals surface area (Å²) >= 11 is 0. The molecule has 0 saturated heterocycles. The first-order chi connectivity index (χ1) is 9.83. The van der Waals surface area contributed by atoms with Crippen LogP contribution in [-0.4, -0.2) is 12.3 Å². The second kappa shape index (κ2) is 5.61. The van der Waals surface area contributed by atoms with Gasteiger partial charge in [-0.15, -0.1) is 0 Å². The monoisotopic (exact) mass is 265 g/mol. The van der Waals surface area contributed by atoms with E-state index in [1.807, 2.05) is 18.2 Å². The Morgan fingerprint density at radius 1 is 1.00 bits per heavy atom. The largest absolute Gasteiger partial charge is 0.461 e. The lowest BCUT2D eigenvalue weighted by Crippen LogP contribution is -2.08. The van der Waals surface area contributed by atoms with Crippen molar-refractivity contribution in [1.82, 2.24) is 0 Å². The fourth-order valence-electron chi connectivity index (χ4n) is 2.18. The van der Waals surface area contributed by atoms with Crippen molar-refractivity contribution >= 4 is 22.2 Å². The summed E-state index contributed by atoms with van der Waals surface area (Å²) in [5.74, 6) is 0.439. The fraction of sp³-hybridized carbons (Fsp3) is 0.118. The van der Waals surface area contributed by atoms with Gasteiger partial charge in [-0.2, -0.15) is 0 Å². The second-order valence-corrected chi connectivity index (χ2v) is 4.64. The number of hydrogen-bond donors (Lipinski definition) is 1. The van der Waals surface area contributed by atoms with E-state index in [1.165, 1.54) is 17.0 Å². The first kappa shape index (κ1) is 12.5. The first-order valence-electron chi connectivity index (χ1n) is 6.62. The average molecular weight is 265 g/mol. The third kappa shape index (κ3) is 2.72. The van der Waals surface area contributed by atoms with Gasteiger partial charge in [0.1, 0.15) is 0 Å².